The molecular weight excluding hydrogens is 310 g/mol. The summed E-state index contributed by atoms with van der Waals surface area (Å²) < 4.78 is 0. The summed E-state index contributed by atoms with van der Waals surface area (Å²) in [6.07, 6.45) is 0.956. The molecule has 0 radical (unpaired) electrons. The first-order valence-electron chi connectivity index (χ1n) is 6.22. The van der Waals surface area contributed by atoms with Crippen molar-refractivity contribution in [2.24, 2.45) is 0 Å². The summed E-state index contributed by atoms with van der Waals surface area (Å²) in [5, 5.41) is 23.4. The number of amides is 1. The maximum atomic E-state index is 12.1. The average molecular weight is 322 g/mol. The Balaban J connectivity index is 2.11. The van der Waals surface area contributed by atoms with E-state index in [9.17, 15) is 4.79 Å². The van der Waals surface area contributed by atoms with Crippen LogP contribution < -0.4 is 10.6 Å². The Labute approximate surface area is 130 Å². The Morgan fingerprint density at radius 1 is 1.48 bits per heavy atom. The van der Waals surface area contributed by atoms with Crippen molar-refractivity contribution in [1.82, 2.24) is 10.2 Å². The Hall–Kier alpha value is -2.17. The molecule has 0 aliphatic heterocycles. The van der Waals surface area contributed by atoms with Crippen molar-refractivity contribution >= 4 is 39.7 Å². The van der Waals surface area contributed by atoms with E-state index in [0.717, 1.165) is 24.3 Å². The molecule has 1 heterocycles. The molecule has 2 rings (SSSR count). The molecule has 6 nitrogen and oxygen atoms in total. The molecule has 108 valence electrons. The van der Waals surface area contributed by atoms with Gasteiger partial charge in [-0.2, -0.15) is 5.26 Å². The molecular formula is C13H12ClN5OS. The van der Waals surface area contributed by atoms with Crippen LogP contribution in [-0.2, 0) is 0 Å². The smallest absolute Gasteiger partial charge is 0.286 e. The SMILES string of the molecule is CCCNc1nnc(C(=O)Nc2cc(C#N)ccc2Cl)s1. The zero-order chi connectivity index (χ0) is 15.2. The van der Waals surface area contributed by atoms with E-state index in [1.807, 2.05) is 13.0 Å². The van der Waals surface area contributed by atoms with Crippen LogP contribution in [0.2, 0.25) is 5.02 Å². The molecule has 0 bridgehead atoms. The van der Waals surface area contributed by atoms with Gasteiger partial charge in [0.1, 0.15) is 0 Å². The minimum absolute atomic E-state index is 0.229. The van der Waals surface area contributed by atoms with E-state index in [-0.39, 0.29) is 5.01 Å². The summed E-state index contributed by atoms with van der Waals surface area (Å²) in [5.41, 5.74) is 0.788. The summed E-state index contributed by atoms with van der Waals surface area (Å²) >= 11 is 7.15. The molecule has 0 aliphatic carbocycles. The standard InChI is InChI=1S/C13H12ClN5OS/c1-2-5-16-13-19-18-12(21-13)11(20)17-10-6-8(7-15)3-4-9(10)14/h3-4,6H,2,5H2,1H3,(H,16,19)(H,17,20). The second kappa shape index (κ2) is 7.02. The first-order valence-corrected chi connectivity index (χ1v) is 7.42. The van der Waals surface area contributed by atoms with Crippen LogP contribution in [-0.4, -0.2) is 22.6 Å². The second-order valence-electron chi connectivity index (χ2n) is 4.10. The average Bonchev–Trinajstić information content (AvgIpc) is 2.96. The summed E-state index contributed by atoms with van der Waals surface area (Å²) in [5.74, 6) is -0.408. The number of anilines is 2. The van der Waals surface area contributed by atoms with Gasteiger partial charge in [0, 0.05) is 6.54 Å². The van der Waals surface area contributed by atoms with E-state index in [2.05, 4.69) is 20.8 Å². The van der Waals surface area contributed by atoms with Crippen molar-refractivity contribution in [1.29, 1.82) is 5.26 Å². The number of aromatic nitrogens is 2. The third-order valence-corrected chi connectivity index (χ3v) is 3.70. The second-order valence-corrected chi connectivity index (χ2v) is 5.48. The molecule has 0 spiro atoms. The quantitative estimate of drug-likeness (QED) is 0.882. The van der Waals surface area contributed by atoms with Gasteiger partial charge in [-0.3, -0.25) is 4.79 Å². The molecule has 1 aromatic heterocycles. The lowest BCUT2D eigenvalue weighted by atomic mass is 10.2. The van der Waals surface area contributed by atoms with E-state index < -0.39 is 5.91 Å². The van der Waals surface area contributed by atoms with Gasteiger partial charge in [0.15, 0.2) is 0 Å². The third-order valence-electron chi connectivity index (χ3n) is 2.49. The lowest BCUT2D eigenvalue weighted by Gasteiger charge is -2.05. The molecule has 2 N–H and O–H groups in total. The van der Waals surface area contributed by atoms with Gasteiger partial charge in [-0.25, -0.2) is 0 Å². The summed E-state index contributed by atoms with van der Waals surface area (Å²) in [6, 6.07) is 6.64. The van der Waals surface area contributed by atoms with Crippen LogP contribution in [0.4, 0.5) is 10.8 Å². The van der Waals surface area contributed by atoms with Crippen LogP contribution in [0.15, 0.2) is 18.2 Å². The van der Waals surface area contributed by atoms with Crippen molar-refractivity contribution < 1.29 is 4.79 Å². The highest BCUT2D eigenvalue weighted by atomic mass is 35.5. The highest BCUT2D eigenvalue weighted by Gasteiger charge is 2.14. The molecule has 21 heavy (non-hydrogen) atoms. The number of benzene rings is 1. The number of nitrogens with one attached hydrogen (secondary N) is 2. The summed E-state index contributed by atoms with van der Waals surface area (Å²) in [6.45, 7) is 2.80. The molecule has 1 aromatic carbocycles. The summed E-state index contributed by atoms with van der Waals surface area (Å²) in [7, 11) is 0. The van der Waals surface area contributed by atoms with Gasteiger partial charge in [-0.05, 0) is 24.6 Å². The maximum absolute atomic E-state index is 12.1. The molecule has 0 saturated heterocycles. The molecule has 2 aromatic rings. The van der Waals surface area contributed by atoms with Gasteiger partial charge in [-0.15, -0.1) is 10.2 Å². The van der Waals surface area contributed by atoms with Crippen LogP contribution in [0.3, 0.4) is 0 Å². The number of carbonyl (C=O) groups is 1. The fraction of sp³-hybridized carbons (Fsp3) is 0.231. The van der Waals surface area contributed by atoms with Gasteiger partial charge in [0.25, 0.3) is 5.91 Å². The first kappa shape index (κ1) is 15.2. The third kappa shape index (κ3) is 3.90. The molecule has 0 atom stereocenters. The van der Waals surface area contributed by atoms with E-state index >= 15 is 0 Å². The first-order chi connectivity index (χ1) is 10.1. The normalized spacial score (nSPS) is 9.95. The van der Waals surface area contributed by atoms with Crippen LogP contribution in [0.25, 0.3) is 0 Å². The van der Waals surface area contributed by atoms with E-state index in [0.29, 0.717) is 21.4 Å². The highest BCUT2D eigenvalue weighted by molar-refractivity contribution is 7.17. The fourth-order valence-corrected chi connectivity index (χ4v) is 2.31. The predicted octanol–water partition coefficient (Wildman–Crippen LogP) is 3.14. The molecule has 1 amide bonds. The minimum Gasteiger partial charge on any atom is -0.360 e. The van der Waals surface area contributed by atoms with Gasteiger partial charge >= 0.3 is 0 Å². The molecule has 8 heteroatoms. The molecule has 0 aliphatic rings. The van der Waals surface area contributed by atoms with Gasteiger partial charge in [0.05, 0.1) is 22.3 Å². The monoisotopic (exact) mass is 321 g/mol. The largest absolute Gasteiger partial charge is 0.360 e. The number of hydrogen-bond acceptors (Lipinski definition) is 6. The van der Waals surface area contributed by atoms with E-state index in [1.54, 1.807) is 12.1 Å². The maximum Gasteiger partial charge on any atom is 0.286 e. The molecule has 0 saturated carbocycles. The Kier molecular flexibility index (Phi) is 5.09. The number of halogens is 1. The fourth-order valence-electron chi connectivity index (χ4n) is 1.48. The van der Waals surface area contributed by atoms with Crippen molar-refractivity contribution in [3.63, 3.8) is 0 Å². The zero-order valence-electron chi connectivity index (χ0n) is 11.2. The number of nitrogens with zero attached hydrogens (tertiary/aromatic N) is 3. The number of nitriles is 1. The summed E-state index contributed by atoms with van der Waals surface area (Å²) in [4.78, 5) is 12.1. The topological polar surface area (TPSA) is 90.7 Å². The van der Waals surface area contributed by atoms with Crippen LogP contribution in [0.1, 0.15) is 28.7 Å². The van der Waals surface area contributed by atoms with E-state index in [1.165, 1.54) is 6.07 Å². The van der Waals surface area contributed by atoms with Gasteiger partial charge < -0.3 is 10.6 Å². The van der Waals surface area contributed by atoms with Crippen molar-refractivity contribution in [3.8, 4) is 6.07 Å². The van der Waals surface area contributed by atoms with Gasteiger partial charge in [-0.1, -0.05) is 29.9 Å². The number of rotatable bonds is 5. The van der Waals surface area contributed by atoms with Gasteiger partial charge in [0.2, 0.25) is 10.1 Å². The molecule has 0 fully saturated rings. The van der Waals surface area contributed by atoms with Crippen molar-refractivity contribution in [2.75, 3.05) is 17.2 Å². The van der Waals surface area contributed by atoms with Crippen LogP contribution >= 0.6 is 22.9 Å². The minimum atomic E-state index is -0.408. The number of carbonyl (C=O) groups excluding carboxylic acids is 1. The lowest BCUT2D eigenvalue weighted by molar-refractivity contribution is 0.102. The zero-order valence-corrected chi connectivity index (χ0v) is 12.8. The Morgan fingerprint density at radius 2 is 2.29 bits per heavy atom. The van der Waals surface area contributed by atoms with E-state index in [4.69, 9.17) is 16.9 Å². The molecule has 0 unspecified atom stereocenters. The van der Waals surface area contributed by atoms with Crippen LogP contribution in [0, 0.1) is 11.3 Å². The lowest BCUT2D eigenvalue weighted by Crippen LogP contribution is -2.12. The van der Waals surface area contributed by atoms with Crippen molar-refractivity contribution in [3.05, 3.63) is 33.8 Å². The van der Waals surface area contributed by atoms with Crippen LogP contribution in [0.5, 0.6) is 0 Å². The Bertz CT molecular complexity index is 694. The van der Waals surface area contributed by atoms with Crippen molar-refractivity contribution in [2.45, 2.75) is 13.3 Å². The predicted molar refractivity (Wildman–Crippen MR) is 82.8 cm³/mol. The number of hydrogen-bond donors (Lipinski definition) is 2. The highest BCUT2D eigenvalue weighted by Crippen LogP contribution is 2.24. The Morgan fingerprint density at radius 3 is 3.00 bits per heavy atom.